The lowest BCUT2D eigenvalue weighted by Gasteiger charge is -2.32. The second kappa shape index (κ2) is 6.43. The van der Waals surface area contributed by atoms with E-state index in [1.54, 1.807) is 4.57 Å². The summed E-state index contributed by atoms with van der Waals surface area (Å²) in [6, 6.07) is 7.85. The van der Waals surface area contributed by atoms with Gasteiger partial charge in [-0.2, -0.15) is 4.98 Å². The highest BCUT2D eigenvalue weighted by Gasteiger charge is 2.38. The molecular formula is C19H20ClN3O3. The van der Waals surface area contributed by atoms with E-state index in [1.807, 2.05) is 24.3 Å². The number of nitrogens with one attached hydrogen (secondary N) is 1. The van der Waals surface area contributed by atoms with Crippen LogP contribution < -0.4 is 10.9 Å². The Balaban J connectivity index is 1.81. The lowest BCUT2D eigenvalue weighted by molar-refractivity contribution is 0.0919. The van der Waals surface area contributed by atoms with E-state index in [0.29, 0.717) is 30.4 Å². The number of fused-ring (bicyclic) bond motifs is 1. The normalized spacial score (nSPS) is 18.4. The number of carbonyl (C=O) groups excluding carboxylic acids is 1. The highest BCUT2D eigenvalue weighted by atomic mass is 35.5. The fraction of sp³-hybridized carbons (Fsp3) is 0.421. The van der Waals surface area contributed by atoms with Crippen LogP contribution in [0.3, 0.4) is 0 Å². The maximum Gasteiger partial charge on any atom is 0.315 e. The van der Waals surface area contributed by atoms with Gasteiger partial charge in [0.1, 0.15) is 5.82 Å². The van der Waals surface area contributed by atoms with Gasteiger partial charge in [-0.1, -0.05) is 36.6 Å². The SMILES string of the molecule is O=C1NCCn2c(CC3(c4ccc(Cl)cc4)CCCC3)nc(=O)c(O)c21. The van der Waals surface area contributed by atoms with Gasteiger partial charge in [0.15, 0.2) is 5.69 Å². The van der Waals surface area contributed by atoms with Crippen LogP contribution in [0.25, 0.3) is 0 Å². The molecule has 0 bridgehead atoms. The molecule has 0 atom stereocenters. The quantitative estimate of drug-likeness (QED) is 0.865. The summed E-state index contributed by atoms with van der Waals surface area (Å²) in [6.45, 7) is 0.949. The van der Waals surface area contributed by atoms with Crippen LogP contribution in [0.15, 0.2) is 29.1 Å². The summed E-state index contributed by atoms with van der Waals surface area (Å²) < 4.78 is 1.70. The van der Waals surface area contributed by atoms with Crippen molar-refractivity contribution in [1.82, 2.24) is 14.9 Å². The average Bonchev–Trinajstić information content (AvgIpc) is 3.09. The highest BCUT2D eigenvalue weighted by Crippen LogP contribution is 2.43. The molecule has 1 aromatic carbocycles. The van der Waals surface area contributed by atoms with Crippen molar-refractivity contribution < 1.29 is 9.90 Å². The summed E-state index contributed by atoms with van der Waals surface area (Å²) in [5.74, 6) is -0.436. The van der Waals surface area contributed by atoms with Gasteiger partial charge in [0.2, 0.25) is 5.75 Å². The lowest BCUT2D eigenvalue weighted by Crippen LogP contribution is -2.41. The van der Waals surface area contributed by atoms with E-state index in [1.165, 1.54) is 5.56 Å². The zero-order valence-corrected chi connectivity index (χ0v) is 15.1. The topological polar surface area (TPSA) is 84.2 Å². The Bertz CT molecular complexity index is 915. The first-order valence-electron chi connectivity index (χ1n) is 8.87. The minimum absolute atomic E-state index is 0.0236. The Morgan fingerprint density at radius 1 is 1.19 bits per heavy atom. The molecule has 7 heteroatoms. The van der Waals surface area contributed by atoms with Crippen LogP contribution in [-0.2, 0) is 18.4 Å². The zero-order valence-electron chi connectivity index (χ0n) is 14.3. The van der Waals surface area contributed by atoms with Crippen molar-refractivity contribution in [3.8, 4) is 5.75 Å². The molecule has 6 nitrogen and oxygen atoms in total. The maximum atomic E-state index is 12.2. The fourth-order valence-electron chi connectivity index (χ4n) is 4.28. The smallest absolute Gasteiger partial charge is 0.315 e. The number of halogens is 1. The molecule has 0 spiro atoms. The average molecular weight is 374 g/mol. The van der Waals surface area contributed by atoms with Gasteiger partial charge in [0.25, 0.3) is 5.91 Å². The maximum absolute atomic E-state index is 12.2. The number of rotatable bonds is 3. The molecule has 1 fully saturated rings. The van der Waals surface area contributed by atoms with Crippen LogP contribution >= 0.6 is 11.6 Å². The molecule has 0 saturated heterocycles. The predicted molar refractivity (Wildman–Crippen MR) is 97.8 cm³/mol. The van der Waals surface area contributed by atoms with E-state index in [2.05, 4.69) is 10.3 Å². The molecule has 1 aliphatic heterocycles. The number of nitrogens with zero attached hydrogens (tertiary/aromatic N) is 2. The number of amides is 1. The van der Waals surface area contributed by atoms with Gasteiger partial charge >= 0.3 is 5.56 Å². The van der Waals surface area contributed by atoms with Gasteiger partial charge in [-0.15, -0.1) is 0 Å². The predicted octanol–water partition coefficient (Wildman–Crippen LogP) is 2.40. The number of aromatic hydroxyl groups is 1. The van der Waals surface area contributed by atoms with Crippen molar-refractivity contribution >= 4 is 17.5 Å². The Hall–Kier alpha value is -2.34. The van der Waals surface area contributed by atoms with Crippen LogP contribution in [0.4, 0.5) is 0 Å². The molecule has 1 amide bonds. The third-order valence-electron chi connectivity index (χ3n) is 5.59. The molecule has 1 aromatic heterocycles. The fourth-order valence-corrected chi connectivity index (χ4v) is 4.41. The minimum Gasteiger partial charge on any atom is -0.501 e. The van der Waals surface area contributed by atoms with Crippen LogP contribution in [0, 0.1) is 0 Å². The molecule has 1 saturated carbocycles. The Morgan fingerprint density at radius 2 is 1.88 bits per heavy atom. The molecule has 0 unspecified atom stereocenters. The van der Waals surface area contributed by atoms with E-state index >= 15 is 0 Å². The second-order valence-corrected chi connectivity index (χ2v) is 7.55. The molecule has 1 aliphatic carbocycles. The van der Waals surface area contributed by atoms with Gasteiger partial charge < -0.3 is 15.0 Å². The Morgan fingerprint density at radius 3 is 2.58 bits per heavy atom. The van der Waals surface area contributed by atoms with Gasteiger partial charge in [-0.25, -0.2) is 0 Å². The third-order valence-corrected chi connectivity index (χ3v) is 5.84. The lowest BCUT2D eigenvalue weighted by atomic mass is 9.76. The van der Waals surface area contributed by atoms with E-state index in [0.717, 1.165) is 25.7 Å². The zero-order chi connectivity index (χ0) is 18.3. The molecular weight excluding hydrogens is 354 g/mol. The van der Waals surface area contributed by atoms with Crippen LogP contribution in [0.5, 0.6) is 5.75 Å². The van der Waals surface area contributed by atoms with Gasteiger partial charge in [-0.05, 0) is 30.5 Å². The standard InChI is InChI=1S/C19H20ClN3O3/c20-13-5-3-12(4-6-13)19(7-1-2-8-19)11-14-22-18(26)16(24)15-17(25)21-9-10-23(14)15/h3-6,24H,1-2,7-11H2,(H,21,25). The van der Waals surface area contributed by atoms with E-state index in [4.69, 9.17) is 11.6 Å². The van der Waals surface area contributed by atoms with Crippen LogP contribution in [0.2, 0.25) is 5.02 Å². The Kier molecular flexibility index (Phi) is 4.23. The van der Waals surface area contributed by atoms with Crippen molar-refractivity contribution in [3.05, 3.63) is 56.7 Å². The summed E-state index contributed by atoms with van der Waals surface area (Å²) in [4.78, 5) is 28.4. The van der Waals surface area contributed by atoms with Crippen molar-refractivity contribution in [3.63, 3.8) is 0 Å². The van der Waals surface area contributed by atoms with Crippen molar-refractivity contribution in [2.75, 3.05) is 6.54 Å². The first-order chi connectivity index (χ1) is 12.5. The molecule has 136 valence electrons. The molecule has 2 aliphatic rings. The first kappa shape index (κ1) is 17.1. The summed E-state index contributed by atoms with van der Waals surface area (Å²) in [6.07, 6.45) is 4.76. The highest BCUT2D eigenvalue weighted by molar-refractivity contribution is 6.30. The van der Waals surface area contributed by atoms with Crippen molar-refractivity contribution in [2.45, 2.75) is 44.1 Å². The summed E-state index contributed by atoms with van der Waals surface area (Å²) in [5.41, 5.74) is 0.328. The van der Waals surface area contributed by atoms with E-state index in [-0.39, 0.29) is 11.1 Å². The third kappa shape index (κ3) is 2.78. The van der Waals surface area contributed by atoms with Gasteiger partial charge in [0, 0.05) is 29.9 Å². The summed E-state index contributed by atoms with van der Waals surface area (Å²) in [7, 11) is 0. The molecule has 4 rings (SSSR count). The first-order valence-corrected chi connectivity index (χ1v) is 9.25. The second-order valence-electron chi connectivity index (χ2n) is 7.11. The van der Waals surface area contributed by atoms with Crippen LogP contribution in [-0.4, -0.2) is 27.1 Å². The number of carbonyl (C=O) groups is 1. The summed E-state index contributed by atoms with van der Waals surface area (Å²) >= 11 is 6.04. The number of benzene rings is 1. The monoisotopic (exact) mass is 373 g/mol. The minimum atomic E-state index is -0.743. The van der Waals surface area contributed by atoms with Gasteiger partial charge in [0.05, 0.1) is 0 Å². The summed E-state index contributed by atoms with van der Waals surface area (Å²) in [5, 5.41) is 13.4. The van der Waals surface area contributed by atoms with E-state index < -0.39 is 17.2 Å². The Labute approximate surface area is 155 Å². The van der Waals surface area contributed by atoms with Gasteiger partial charge in [-0.3, -0.25) is 9.59 Å². The number of aromatic nitrogens is 2. The molecule has 2 heterocycles. The largest absolute Gasteiger partial charge is 0.501 e. The molecule has 26 heavy (non-hydrogen) atoms. The van der Waals surface area contributed by atoms with Crippen molar-refractivity contribution in [2.24, 2.45) is 0 Å². The number of hydrogen-bond donors (Lipinski definition) is 2. The molecule has 0 radical (unpaired) electrons. The molecule has 2 N–H and O–H groups in total. The van der Waals surface area contributed by atoms with E-state index in [9.17, 15) is 14.7 Å². The van der Waals surface area contributed by atoms with Crippen molar-refractivity contribution in [1.29, 1.82) is 0 Å². The number of hydrogen-bond acceptors (Lipinski definition) is 4. The molecule has 2 aromatic rings. The van der Waals surface area contributed by atoms with Crippen LogP contribution in [0.1, 0.15) is 47.6 Å².